The highest BCUT2D eigenvalue weighted by molar-refractivity contribution is 5.92. The van der Waals surface area contributed by atoms with Gasteiger partial charge in [0.25, 0.3) is 0 Å². The van der Waals surface area contributed by atoms with E-state index in [0.717, 1.165) is 0 Å². The lowest BCUT2D eigenvalue weighted by Gasteiger charge is -2.24. The van der Waals surface area contributed by atoms with Crippen LogP contribution in [0.2, 0.25) is 0 Å². The van der Waals surface area contributed by atoms with Crippen LogP contribution in [0.15, 0.2) is 24.4 Å². The maximum atomic E-state index is 11.5. The first kappa shape index (κ1) is 13.9. The number of hydrogen-bond acceptors (Lipinski definition) is 4. The van der Waals surface area contributed by atoms with Crippen LogP contribution in [-0.2, 0) is 0 Å². The average Bonchev–Trinajstić information content (AvgIpc) is 3.24. The molecule has 3 rings (SSSR count). The van der Waals surface area contributed by atoms with Crippen molar-refractivity contribution >= 4 is 17.4 Å². The maximum absolute atomic E-state index is 11.5. The molecular formula is C15H20N4O2. The zero-order valence-electron chi connectivity index (χ0n) is 12.3. The molecule has 1 unspecified atom stereocenters. The first-order valence-corrected chi connectivity index (χ1v) is 7.24. The van der Waals surface area contributed by atoms with E-state index in [1.165, 1.54) is 12.8 Å². The predicted molar refractivity (Wildman–Crippen MR) is 80.9 cm³/mol. The van der Waals surface area contributed by atoms with E-state index in [0.29, 0.717) is 30.1 Å². The molecule has 0 aromatic carbocycles. The molecule has 2 aromatic heterocycles. The number of fused-ring (bicyclic) bond motifs is 1. The molecule has 0 radical (unpaired) electrons. The number of nitrogens with zero attached hydrogens (tertiary/aromatic N) is 3. The Morgan fingerprint density at radius 1 is 1.57 bits per heavy atom. The van der Waals surface area contributed by atoms with E-state index in [2.05, 4.69) is 29.2 Å². The summed E-state index contributed by atoms with van der Waals surface area (Å²) in [6.45, 7) is 2.82. The summed E-state index contributed by atoms with van der Waals surface area (Å²) in [5.41, 5.74) is 0.826. The van der Waals surface area contributed by atoms with E-state index >= 15 is 0 Å². The number of likely N-dealkylation sites (N-methyl/N-ethyl adjacent to an activating group) is 1. The SMILES string of the molecule is CC(CNc1nc2ccccn2c1C(=O)O)N(C)C1CC1. The quantitative estimate of drug-likeness (QED) is 0.850. The van der Waals surface area contributed by atoms with Gasteiger partial charge in [-0.3, -0.25) is 9.30 Å². The van der Waals surface area contributed by atoms with Crippen molar-refractivity contribution in [1.29, 1.82) is 0 Å². The van der Waals surface area contributed by atoms with Crippen LogP contribution >= 0.6 is 0 Å². The number of anilines is 1. The fourth-order valence-corrected chi connectivity index (χ4v) is 2.55. The maximum Gasteiger partial charge on any atom is 0.356 e. The van der Waals surface area contributed by atoms with Crippen LogP contribution in [0.25, 0.3) is 5.65 Å². The molecular weight excluding hydrogens is 268 g/mol. The van der Waals surface area contributed by atoms with Crippen molar-refractivity contribution in [2.24, 2.45) is 0 Å². The highest BCUT2D eigenvalue weighted by Gasteiger charge is 2.29. The molecule has 0 spiro atoms. The smallest absolute Gasteiger partial charge is 0.356 e. The molecule has 6 nitrogen and oxygen atoms in total. The third-order valence-electron chi connectivity index (χ3n) is 4.12. The van der Waals surface area contributed by atoms with Gasteiger partial charge in [0.05, 0.1) is 0 Å². The molecule has 1 fully saturated rings. The van der Waals surface area contributed by atoms with Crippen molar-refractivity contribution < 1.29 is 9.90 Å². The summed E-state index contributed by atoms with van der Waals surface area (Å²) in [6, 6.07) is 6.47. The van der Waals surface area contributed by atoms with E-state index in [-0.39, 0.29) is 5.69 Å². The van der Waals surface area contributed by atoms with Crippen molar-refractivity contribution in [3.63, 3.8) is 0 Å². The highest BCUT2D eigenvalue weighted by Crippen LogP contribution is 2.27. The molecule has 1 atom stereocenters. The van der Waals surface area contributed by atoms with E-state index in [9.17, 15) is 9.90 Å². The highest BCUT2D eigenvalue weighted by atomic mass is 16.4. The minimum Gasteiger partial charge on any atom is -0.476 e. The minimum absolute atomic E-state index is 0.187. The van der Waals surface area contributed by atoms with Crippen molar-refractivity contribution in [3.05, 3.63) is 30.1 Å². The Balaban J connectivity index is 1.79. The standard InChI is InChI=1S/C15H20N4O2/c1-10(18(2)11-6-7-11)9-16-14-13(15(20)21)19-8-4-3-5-12(19)17-14/h3-5,8,10-11,16H,6-7,9H2,1-2H3,(H,20,21). The van der Waals surface area contributed by atoms with Gasteiger partial charge in [-0.2, -0.15) is 0 Å². The van der Waals surface area contributed by atoms with Crippen LogP contribution in [0.1, 0.15) is 30.3 Å². The second-order valence-corrected chi connectivity index (χ2v) is 5.67. The number of pyridine rings is 1. The van der Waals surface area contributed by atoms with Gasteiger partial charge >= 0.3 is 5.97 Å². The number of carboxylic acid groups (broad SMARTS) is 1. The number of carbonyl (C=O) groups is 1. The molecule has 1 aliphatic carbocycles. The third-order valence-corrected chi connectivity index (χ3v) is 4.12. The summed E-state index contributed by atoms with van der Waals surface area (Å²) in [6.07, 6.45) is 4.24. The number of carboxylic acids is 1. The van der Waals surface area contributed by atoms with Crippen LogP contribution < -0.4 is 5.32 Å². The molecule has 0 amide bonds. The third kappa shape index (κ3) is 2.71. The molecule has 112 valence electrons. The predicted octanol–water partition coefficient (Wildman–Crippen LogP) is 1.93. The number of imidazole rings is 1. The summed E-state index contributed by atoms with van der Waals surface area (Å²) >= 11 is 0. The minimum atomic E-state index is -0.973. The van der Waals surface area contributed by atoms with Crippen LogP contribution in [0.3, 0.4) is 0 Å². The number of aromatic nitrogens is 2. The first-order valence-electron chi connectivity index (χ1n) is 7.24. The monoisotopic (exact) mass is 288 g/mol. The summed E-state index contributed by atoms with van der Waals surface area (Å²) in [5, 5.41) is 12.6. The normalized spacial score (nSPS) is 16.3. The van der Waals surface area contributed by atoms with Gasteiger partial charge in [0.2, 0.25) is 0 Å². The molecule has 2 N–H and O–H groups in total. The molecule has 21 heavy (non-hydrogen) atoms. The molecule has 1 aliphatic rings. The number of nitrogens with one attached hydrogen (secondary N) is 1. The lowest BCUT2D eigenvalue weighted by molar-refractivity contribution is 0.0690. The lowest BCUT2D eigenvalue weighted by Crippen LogP contribution is -2.36. The van der Waals surface area contributed by atoms with Gasteiger partial charge in [-0.15, -0.1) is 0 Å². The second-order valence-electron chi connectivity index (χ2n) is 5.67. The Labute approximate surface area is 123 Å². The van der Waals surface area contributed by atoms with Gasteiger partial charge in [-0.05, 0) is 38.9 Å². The van der Waals surface area contributed by atoms with Crippen LogP contribution in [-0.4, -0.2) is 51.0 Å². The Morgan fingerprint density at radius 3 is 3.00 bits per heavy atom. The fourth-order valence-electron chi connectivity index (χ4n) is 2.55. The van der Waals surface area contributed by atoms with Gasteiger partial charge in [-0.25, -0.2) is 9.78 Å². The topological polar surface area (TPSA) is 69.9 Å². The molecule has 1 saturated carbocycles. The van der Waals surface area contributed by atoms with Crippen molar-refractivity contribution in [2.45, 2.75) is 31.8 Å². The zero-order chi connectivity index (χ0) is 15.0. The average molecular weight is 288 g/mol. The summed E-state index contributed by atoms with van der Waals surface area (Å²) in [7, 11) is 2.12. The Bertz CT molecular complexity index is 663. The van der Waals surface area contributed by atoms with Crippen LogP contribution in [0, 0.1) is 0 Å². The molecule has 6 heteroatoms. The summed E-state index contributed by atoms with van der Waals surface area (Å²) < 4.78 is 1.60. The number of hydrogen-bond donors (Lipinski definition) is 2. The van der Waals surface area contributed by atoms with Gasteiger partial charge < -0.3 is 10.4 Å². The van der Waals surface area contributed by atoms with Crippen LogP contribution in [0.5, 0.6) is 0 Å². The van der Waals surface area contributed by atoms with Gasteiger partial charge in [-0.1, -0.05) is 6.07 Å². The van der Waals surface area contributed by atoms with Crippen molar-refractivity contribution in [1.82, 2.24) is 14.3 Å². The molecule has 2 aromatic rings. The lowest BCUT2D eigenvalue weighted by atomic mass is 10.3. The molecule has 0 saturated heterocycles. The summed E-state index contributed by atoms with van der Waals surface area (Å²) in [5.74, 6) is -0.538. The van der Waals surface area contributed by atoms with E-state index < -0.39 is 5.97 Å². The summed E-state index contributed by atoms with van der Waals surface area (Å²) in [4.78, 5) is 18.2. The fraction of sp³-hybridized carbons (Fsp3) is 0.467. The van der Waals surface area contributed by atoms with Gasteiger partial charge in [0.15, 0.2) is 11.5 Å². The van der Waals surface area contributed by atoms with Gasteiger partial charge in [0.1, 0.15) is 5.65 Å². The number of aromatic carboxylic acids is 1. The van der Waals surface area contributed by atoms with Crippen LogP contribution in [0.4, 0.5) is 5.82 Å². The Morgan fingerprint density at radius 2 is 2.33 bits per heavy atom. The second kappa shape index (κ2) is 5.37. The van der Waals surface area contributed by atoms with Crippen molar-refractivity contribution in [3.8, 4) is 0 Å². The van der Waals surface area contributed by atoms with Gasteiger partial charge in [0, 0.05) is 24.8 Å². The molecule has 0 bridgehead atoms. The Hall–Kier alpha value is -2.08. The number of rotatable bonds is 6. The first-order chi connectivity index (χ1) is 10.1. The van der Waals surface area contributed by atoms with Crippen molar-refractivity contribution in [2.75, 3.05) is 18.9 Å². The van der Waals surface area contributed by atoms with E-state index in [1.807, 2.05) is 6.07 Å². The zero-order valence-corrected chi connectivity index (χ0v) is 12.3. The molecule has 0 aliphatic heterocycles. The largest absolute Gasteiger partial charge is 0.476 e. The van der Waals surface area contributed by atoms with E-state index in [1.54, 1.807) is 22.7 Å². The molecule has 2 heterocycles. The van der Waals surface area contributed by atoms with E-state index in [4.69, 9.17) is 0 Å². The Kier molecular flexibility index (Phi) is 3.55.